The normalized spacial score (nSPS) is 15.9. The molecule has 1 fully saturated rings. The number of methoxy groups -OCH3 is 1. The second-order valence-electron chi connectivity index (χ2n) is 8.32. The fraction of sp³-hybridized carbons (Fsp3) is 0.550. The van der Waals surface area contributed by atoms with E-state index >= 15 is 0 Å². The number of rotatable bonds is 5. The van der Waals surface area contributed by atoms with Crippen LogP contribution in [0.5, 0.6) is 5.75 Å². The zero-order valence-electron chi connectivity index (χ0n) is 16.7. The number of nitrogens with one attached hydrogen (secondary N) is 1. The Labute approximate surface area is 162 Å². The van der Waals surface area contributed by atoms with E-state index in [0.717, 1.165) is 31.2 Å². The minimum atomic E-state index is -3.80. The fourth-order valence-corrected chi connectivity index (χ4v) is 4.96. The molecule has 0 aliphatic heterocycles. The van der Waals surface area contributed by atoms with Crippen LogP contribution in [-0.4, -0.2) is 25.3 Å². The standard InChI is InChI=1S/C20H29N3O3S/c1-14-10-11-17(26-5)16(12-14)22-27(24,25)18-13-23(15-8-6-7-9-15)21-19(18)20(2,3)4/h10-13,15,22H,6-9H2,1-5H3. The highest BCUT2D eigenvalue weighted by Gasteiger charge is 2.32. The molecular weight excluding hydrogens is 362 g/mol. The number of nitrogens with zero attached hydrogens (tertiary/aromatic N) is 2. The van der Waals surface area contributed by atoms with E-state index in [0.29, 0.717) is 17.1 Å². The summed E-state index contributed by atoms with van der Waals surface area (Å²) in [6, 6.07) is 5.70. The van der Waals surface area contributed by atoms with Crippen LogP contribution < -0.4 is 9.46 Å². The summed E-state index contributed by atoms with van der Waals surface area (Å²) in [7, 11) is -2.27. The molecule has 3 rings (SSSR count). The number of benzene rings is 1. The van der Waals surface area contributed by atoms with Crippen molar-refractivity contribution in [2.45, 2.75) is 69.7 Å². The highest BCUT2D eigenvalue weighted by molar-refractivity contribution is 7.92. The summed E-state index contributed by atoms with van der Waals surface area (Å²) >= 11 is 0. The Hall–Kier alpha value is -2.02. The maximum absolute atomic E-state index is 13.3. The van der Waals surface area contributed by atoms with Gasteiger partial charge in [0.25, 0.3) is 10.0 Å². The lowest BCUT2D eigenvalue weighted by Crippen LogP contribution is -2.20. The number of aryl methyl sites for hydroxylation is 1. The summed E-state index contributed by atoms with van der Waals surface area (Å²) in [5, 5.41) is 4.70. The van der Waals surface area contributed by atoms with E-state index in [9.17, 15) is 8.42 Å². The van der Waals surface area contributed by atoms with Gasteiger partial charge < -0.3 is 4.74 Å². The van der Waals surface area contributed by atoms with Gasteiger partial charge in [-0.15, -0.1) is 0 Å². The van der Waals surface area contributed by atoms with Crippen molar-refractivity contribution in [2.75, 3.05) is 11.8 Å². The van der Waals surface area contributed by atoms with Crippen LogP contribution in [-0.2, 0) is 15.4 Å². The van der Waals surface area contributed by atoms with Gasteiger partial charge in [0.15, 0.2) is 0 Å². The topological polar surface area (TPSA) is 73.2 Å². The van der Waals surface area contributed by atoms with Crippen LogP contribution in [0.3, 0.4) is 0 Å². The lowest BCUT2D eigenvalue weighted by molar-refractivity contribution is 0.417. The van der Waals surface area contributed by atoms with Crippen LogP contribution in [0.2, 0.25) is 0 Å². The molecule has 148 valence electrons. The Morgan fingerprint density at radius 1 is 1.22 bits per heavy atom. The first-order valence-electron chi connectivity index (χ1n) is 9.39. The highest BCUT2D eigenvalue weighted by Crippen LogP contribution is 2.35. The third-order valence-electron chi connectivity index (χ3n) is 5.00. The number of anilines is 1. The van der Waals surface area contributed by atoms with Gasteiger partial charge in [-0.05, 0) is 37.5 Å². The summed E-state index contributed by atoms with van der Waals surface area (Å²) in [6.07, 6.45) is 6.11. The number of hydrogen-bond acceptors (Lipinski definition) is 4. The largest absolute Gasteiger partial charge is 0.495 e. The second-order valence-corrected chi connectivity index (χ2v) is 9.97. The third kappa shape index (κ3) is 4.13. The molecule has 0 atom stereocenters. The van der Waals surface area contributed by atoms with Crippen molar-refractivity contribution in [1.29, 1.82) is 0 Å². The Kier molecular flexibility index (Phi) is 5.25. The van der Waals surface area contributed by atoms with E-state index in [4.69, 9.17) is 9.84 Å². The Morgan fingerprint density at radius 2 is 1.89 bits per heavy atom. The first-order chi connectivity index (χ1) is 12.6. The molecule has 1 aromatic heterocycles. The molecule has 2 aromatic rings. The molecule has 1 heterocycles. The molecular formula is C20H29N3O3S. The van der Waals surface area contributed by atoms with Gasteiger partial charge in [-0.3, -0.25) is 9.40 Å². The first kappa shape index (κ1) is 19.7. The Balaban J connectivity index is 2.04. The summed E-state index contributed by atoms with van der Waals surface area (Å²) < 4.78 is 36.4. The number of ether oxygens (including phenoxy) is 1. The van der Waals surface area contributed by atoms with Gasteiger partial charge in [0.1, 0.15) is 10.6 Å². The van der Waals surface area contributed by atoms with Crippen LogP contribution in [0.15, 0.2) is 29.3 Å². The lowest BCUT2D eigenvalue weighted by atomic mass is 9.92. The van der Waals surface area contributed by atoms with Crippen LogP contribution in [0.4, 0.5) is 5.69 Å². The van der Waals surface area contributed by atoms with E-state index in [1.807, 2.05) is 38.4 Å². The van der Waals surface area contributed by atoms with Crippen LogP contribution in [0.25, 0.3) is 0 Å². The second kappa shape index (κ2) is 7.19. The molecule has 1 N–H and O–H groups in total. The van der Waals surface area contributed by atoms with E-state index < -0.39 is 10.0 Å². The monoisotopic (exact) mass is 391 g/mol. The molecule has 6 nitrogen and oxygen atoms in total. The molecule has 0 unspecified atom stereocenters. The minimum absolute atomic E-state index is 0.241. The fourth-order valence-electron chi connectivity index (χ4n) is 3.55. The van der Waals surface area contributed by atoms with Gasteiger partial charge in [0.05, 0.1) is 24.5 Å². The van der Waals surface area contributed by atoms with Gasteiger partial charge in [-0.2, -0.15) is 5.10 Å². The van der Waals surface area contributed by atoms with Gasteiger partial charge >= 0.3 is 0 Å². The maximum atomic E-state index is 13.3. The molecule has 0 radical (unpaired) electrons. The van der Waals surface area contributed by atoms with Crippen LogP contribution >= 0.6 is 0 Å². The summed E-state index contributed by atoms with van der Waals surface area (Å²) in [6.45, 7) is 7.87. The third-order valence-corrected chi connectivity index (χ3v) is 6.36. The molecule has 1 saturated carbocycles. The molecule has 27 heavy (non-hydrogen) atoms. The molecule has 0 saturated heterocycles. The lowest BCUT2D eigenvalue weighted by Gasteiger charge is -2.18. The molecule has 1 aliphatic carbocycles. The predicted octanol–water partition coefficient (Wildman–Crippen LogP) is 4.41. The Morgan fingerprint density at radius 3 is 2.48 bits per heavy atom. The van der Waals surface area contributed by atoms with Crippen molar-refractivity contribution in [3.63, 3.8) is 0 Å². The molecule has 7 heteroatoms. The predicted molar refractivity (Wildman–Crippen MR) is 107 cm³/mol. The van der Waals surface area contributed by atoms with Crippen LogP contribution in [0, 0.1) is 6.92 Å². The van der Waals surface area contributed by atoms with Gasteiger partial charge in [-0.1, -0.05) is 39.7 Å². The zero-order valence-corrected chi connectivity index (χ0v) is 17.6. The highest BCUT2D eigenvalue weighted by atomic mass is 32.2. The summed E-state index contributed by atoms with van der Waals surface area (Å²) in [4.78, 5) is 0.241. The quantitative estimate of drug-likeness (QED) is 0.819. The molecule has 1 aromatic carbocycles. The van der Waals surface area contributed by atoms with Gasteiger partial charge in [0.2, 0.25) is 0 Å². The van der Waals surface area contributed by atoms with Crippen molar-refractivity contribution in [3.05, 3.63) is 35.7 Å². The van der Waals surface area contributed by atoms with Crippen molar-refractivity contribution in [1.82, 2.24) is 9.78 Å². The van der Waals surface area contributed by atoms with Gasteiger partial charge in [0, 0.05) is 11.6 Å². The van der Waals surface area contributed by atoms with E-state index in [1.54, 1.807) is 18.3 Å². The maximum Gasteiger partial charge on any atom is 0.265 e. The van der Waals surface area contributed by atoms with Gasteiger partial charge in [-0.25, -0.2) is 8.42 Å². The average molecular weight is 392 g/mol. The molecule has 0 bridgehead atoms. The average Bonchev–Trinajstić information content (AvgIpc) is 3.24. The number of sulfonamides is 1. The smallest absolute Gasteiger partial charge is 0.265 e. The van der Waals surface area contributed by atoms with Crippen LogP contribution in [0.1, 0.15) is 63.8 Å². The van der Waals surface area contributed by atoms with Crippen molar-refractivity contribution in [3.8, 4) is 5.75 Å². The van der Waals surface area contributed by atoms with Crippen molar-refractivity contribution in [2.24, 2.45) is 0 Å². The number of aromatic nitrogens is 2. The number of hydrogen-bond donors (Lipinski definition) is 1. The van der Waals surface area contributed by atoms with E-state index in [2.05, 4.69) is 4.72 Å². The van der Waals surface area contributed by atoms with Crippen molar-refractivity contribution < 1.29 is 13.2 Å². The van der Waals surface area contributed by atoms with Crippen molar-refractivity contribution >= 4 is 15.7 Å². The molecule has 0 amide bonds. The summed E-state index contributed by atoms with van der Waals surface area (Å²) in [5.74, 6) is 0.490. The zero-order chi connectivity index (χ0) is 19.8. The SMILES string of the molecule is COc1ccc(C)cc1NS(=O)(=O)c1cn(C2CCCC2)nc1C(C)(C)C. The summed E-state index contributed by atoms with van der Waals surface area (Å²) in [5.41, 5.74) is 1.59. The van der Waals surface area contributed by atoms with E-state index in [1.165, 1.54) is 7.11 Å². The Bertz CT molecular complexity index is 920. The first-order valence-corrected chi connectivity index (χ1v) is 10.9. The molecule has 1 aliphatic rings. The molecule has 0 spiro atoms. The minimum Gasteiger partial charge on any atom is -0.495 e. The van der Waals surface area contributed by atoms with E-state index in [-0.39, 0.29) is 16.4 Å².